The molecule has 1 saturated heterocycles. The average molecular weight is 284 g/mol. The Bertz CT molecular complexity index is 551. The lowest BCUT2D eigenvalue weighted by atomic mass is 9.91. The third-order valence-corrected chi connectivity index (χ3v) is 5.05. The Morgan fingerprint density at radius 2 is 1.95 bits per heavy atom. The number of aliphatic hydroxyl groups is 1. The highest BCUT2D eigenvalue weighted by molar-refractivity contribution is 7.89. The lowest BCUT2D eigenvalue weighted by molar-refractivity contribution is 0.00822. The number of anilines is 1. The van der Waals surface area contributed by atoms with Crippen molar-refractivity contribution in [3.8, 4) is 0 Å². The molecule has 1 heterocycles. The zero-order valence-electron chi connectivity index (χ0n) is 11.3. The fourth-order valence-electron chi connectivity index (χ4n) is 2.27. The number of β-amino-alcohol motifs (C(OH)–C–C–N with tert-alkyl or cyclic N) is 1. The standard InChI is InChI=1S/C13H20N2O3S/c1-3-13(16)9-15(10-13)11-7-5-6-8-12(11)19(17,18)14-4-2/h5-8,14,16H,3-4,9-10H2,1-2H3. The van der Waals surface area contributed by atoms with Crippen molar-refractivity contribution in [2.75, 3.05) is 24.5 Å². The van der Waals surface area contributed by atoms with Gasteiger partial charge in [-0.3, -0.25) is 0 Å². The first kappa shape index (κ1) is 14.3. The van der Waals surface area contributed by atoms with Crippen LogP contribution in [0.2, 0.25) is 0 Å². The summed E-state index contributed by atoms with van der Waals surface area (Å²) < 4.78 is 26.8. The van der Waals surface area contributed by atoms with Crippen LogP contribution >= 0.6 is 0 Å². The summed E-state index contributed by atoms with van der Waals surface area (Å²) in [5.41, 5.74) is -0.0312. The number of nitrogens with one attached hydrogen (secondary N) is 1. The zero-order valence-corrected chi connectivity index (χ0v) is 12.1. The van der Waals surface area contributed by atoms with Crippen LogP contribution in [0.3, 0.4) is 0 Å². The lowest BCUT2D eigenvalue weighted by Gasteiger charge is -2.48. The van der Waals surface area contributed by atoms with Gasteiger partial charge >= 0.3 is 0 Å². The molecule has 1 aromatic rings. The number of para-hydroxylation sites is 1. The molecule has 0 saturated carbocycles. The molecule has 1 aliphatic rings. The van der Waals surface area contributed by atoms with Crippen molar-refractivity contribution in [1.29, 1.82) is 0 Å². The molecule has 0 amide bonds. The minimum atomic E-state index is -3.48. The van der Waals surface area contributed by atoms with Crippen LogP contribution in [-0.2, 0) is 10.0 Å². The molecule has 0 atom stereocenters. The Labute approximate surface area is 114 Å². The first-order valence-electron chi connectivity index (χ1n) is 6.48. The topological polar surface area (TPSA) is 69.6 Å². The maximum Gasteiger partial charge on any atom is 0.242 e. The molecule has 0 unspecified atom stereocenters. The second kappa shape index (κ2) is 5.11. The van der Waals surface area contributed by atoms with Gasteiger partial charge in [0.15, 0.2) is 0 Å². The second-order valence-corrected chi connectivity index (χ2v) is 6.64. The van der Waals surface area contributed by atoms with E-state index in [1.54, 1.807) is 25.1 Å². The third kappa shape index (κ3) is 2.75. The second-order valence-electron chi connectivity index (χ2n) is 4.90. The summed E-state index contributed by atoms with van der Waals surface area (Å²) in [5.74, 6) is 0. The van der Waals surface area contributed by atoms with Gasteiger partial charge in [0.05, 0.1) is 11.3 Å². The minimum absolute atomic E-state index is 0.273. The monoisotopic (exact) mass is 284 g/mol. The summed E-state index contributed by atoms with van der Waals surface area (Å²) in [6.45, 7) is 4.98. The molecule has 1 fully saturated rings. The van der Waals surface area contributed by atoms with E-state index in [2.05, 4.69) is 4.72 Å². The molecule has 1 aromatic carbocycles. The van der Waals surface area contributed by atoms with E-state index >= 15 is 0 Å². The Balaban J connectivity index is 2.29. The number of sulfonamides is 1. The summed E-state index contributed by atoms with van der Waals surface area (Å²) >= 11 is 0. The van der Waals surface area contributed by atoms with Crippen LogP contribution in [0.4, 0.5) is 5.69 Å². The van der Waals surface area contributed by atoms with Crippen molar-refractivity contribution in [1.82, 2.24) is 4.72 Å². The van der Waals surface area contributed by atoms with Gasteiger partial charge in [-0.2, -0.15) is 0 Å². The van der Waals surface area contributed by atoms with Gasteiger partial charge in [0.1, 0.15) is 4.90 Å². The summed E-state index contributed by atoms with van der Waals surface area (Å²) in [5, 5.41) is 10.0. The van der Waals surface area contributed by atoms with Crippen molar-refractivity contribution in [3.05, 3.63) is 24.3 Å². The predicted molar refractivity (Wildman–Crippen MR) is 74.8 cm³/mol. The van der Waals surface area contributed by atoms with Gasteiger partial charge < -0.3 is 10.0 Å². The van der Waals surface area contributed by atoms with E-state index in [9.17, 15) is 13.5 Å². The number of hydrogen-bond donors (Lipinski definition) is 2. The Morgan fingerprint density at radius 1 is 1.32 bits per heavy atom. The minimum Gasteiger partial charge on any atom is -0.386 e. The first-order valence-corrected chi connectivity index (χ1v) is 7.96. The van der Waals surface area contributed by atoms with Crippen LogP contribution in [0, 0.1) is 0 Å². The highest BCUT2D eigenvalue weighted by Crippen LogP contribution is 2.33. The van der Waals surface area contributed by atoms with Gasteiger partial charge in [0.2, 0.25) is 10.0 Å². The van der Waals surface area contributed by atoms with Gasteiger partial charge in [-0.25, -0.2) is 13.1 Å². The fourth-order valence-corrected chi connectivity index (χ4v) is 3.54. The Morgan fingerprint density at radius 3 is 2.53 bits per heavy atom. The van der Waals surface area contributed by atoms with E-state index in [1.807, 2.05) is 17.9 Å². The van der Waals surface area contributed by atoms with Crippen LogP contribution in [0.5, 0.6) is 0 Å². The van der Waals surface area contributed by atoms with Gasteiger partial charge in [-0.15, -0.1) is 0 Å². The maximum absolute atomic E-state index is 12.1. The first-order chi connectivity index (χ1) is 8.92. The van der Waals surface area contributed by atoms with E-state index in [-0.39, 0.29) is 4.90 Å². The number of nitrogens with zero attached hydrogens (tertiary/aromatic N) is 1. The highest BCUT2D eigenvalue weighted by atomic mass is 32.2. The Kier molecular flexibility index (Phi) is 3.85. The molecule has 5 nitrogen and oxygen atoms in total. The van der Waals surface area contributed by atoms with Gasteiger partial charge in [-0.1, -0.05) is 26.0 Å². The summed E-state index contributed by atoms with van der Waals surface area (Å²) in [6, 6.07) is 6.89. The quantitative estimate of drug-likeness (QED) is 0.844. The van der Waals surface area contributed by atoms with Crippen LogP contribution in [0.25, 0.3) is 0 Å². The fraction of sp³-hybridized carbons (Fsp3) is 0.538. The third-order valence-electron chi connectivity index (χ3n) is 3.46. The molecular weight excluding hydrogens is 264 g/mol. The smallest absolute Gasteiger partial charge is 0.242 e. The molecule has 6 heteroatoms. The number of benzene rings is 1. The molecule has 106 valence electrons. The molecular formula is C13H20N2O3S. The molecule has 0 spiro atoms. The van der Waals surface area contributed by atoms with Gasteiger partial charge in [0, 0.05) is 19.6 Å². The molecule has 2 rings (SSSR count). The van der Waals surface area contributed by atoms with E-state index in [0.717, 1.165) is 0 Å². The van der Waals surface area contributed by atoms with Crippen molar-refractivity contribution >= 4 is 15.7 Å². The summed E-state index contributed by atoms with van der Waals surface area (Å²) in [4.78, 5) is 2.17. The van der Waals surface area contributed by atoms with Crippen LogP contribution < -0.4 is 9.62 Å². The SMILES string of the molecule is CCNS(=O)(=O)c1ccccc1N1CC(O)(CC)C1. The summed E-state index contributed by atoms with van der Waals surface area (Å²) in [7, 11) is -3.48. The molecule has 0 aromatic heterocycles. The normalized spacial score (nSPS) is 18.2. The summed E-state index contributed by atoms with van der Waals surface area (Å²) in [6.07, 6.45) is 0.672. The van der Waals surface area contributed by atoms with Crippen molar-refractivity contribution in [3.63, 3.8) is 0 Å². The maximum atomic E-state index is 12.1. The van der Waals surface area contributed by atoms with Gasteiger partial charge in [0.25, 0.3) is 0 Å². The molecule has 1 aliphatic heterocycles. The van der Waals surface area contributed by atoms with Crippen molar-refractivity contribution < 1.29 is 13.5 Å². The zero-order chi connectivity index (χ0) is 14.1. The van der Waals surface area contributed by atoms with Crippen molar-refractivity contribution in [2.24, 2.45) is 0 Å². The van der Waals surface area contributed by atoms with Crippen LogP contribution in [-0.4, -0.2) is 38.8 Å². The molecule has 2 N–H and O–H groups in total. The van der Waals surface area contributed by atoms with E-state index in [4.69, 9.17) is 0 Å². The largest absolute Gasteiger partial charge is 0.386 e. The number of hydrogen-bond acceptors (Lipinski definition) is 4. The highest BCUT2D eigenvalue weighted by Gasteiger charge is 2.41. The molecule has 19 heavy (non-hydrogen) atoms. The van der Waals surface area contributed by atoms with Gasteiger partial charge in [-0.05, 0) is 18.6 Å². The van der Waals surface area contributed by atoms with Crippen LogP contribution in [0.1, 0.15) is 20.3 Å². The van der Waals surface area contributed by atoms with E-state index < -0.39 is 15.6 Å². The molecule has 0 aliphatic carbocycles. The molecule has 0 bridgehead atoms. The predicted octanol–water partition coefficient (Wildman–Crippen LogP) is 0.946. The van der Waals surface area contributed by atoms with Crippen LogP contribution in [0.15, 0.2) is 29.2 Å². The Hall–Kier alpha value is -1.11. The van der Waals surface area contributed by atoms with Crippen molar-refractivity contribution in [2.45, 2.75) is 30.8 Å². The lowest BCUT2D eigenvalue weighted by Crippen LogP contribution is -2.62. The average Bonchev–Trinajstić information content (AvgIpc) is 2.35. The number of rotatable bonds is 5. The van der Waals surface area contributed by atoms with E-state index in [0.29, 0.717) is 31.7 Å². The van der Waals surface area contributed by atoms with E-state index in [1.165, 1.54) is 0 Å². The molecule has 0 radical (unpaired) electrons.